The molecule has 1 saturated heterocycles. The molecule has 5 N–H and O–H groups in total. The second-order valence-corrected chi connectivity index (χ2v) is 11.8. The van der Waals surface area contributed by atoms with E-state index in [4.69, 9.17) is 5.73 Å². The summed E-state index contributed by atoms with van der Waals surface area (Å²) in [4.78, 5) is 46.4. The van der Waals surface area contributed by atoms with Crippen molar-refractivity contribution in [3.05, 3.63) is 88.6 Å². The first-order valence-electron chi connectivity index (χ1n) is 14.3. The quantitative estimate of drug-likeness (QED) is 0.357. The second-order valence-electron chi connectivity index (χ2n) is 11.8. The van der Waals surface area contributed by atoms with Crippen LogP contribution in [0.5, 0.6) is 0 Å². The number of piperidine rings is 1. The fourth-order valence-corrected chi connectivity index (χ4v) is 6.61. The Labute approximate surface area is 239 Å². The highest BCUT2D eigenvalue weighted by atomic mass is 16.2. The van der Waals surface area contributed by atoms with Crippen LogP contribution < -0.4 is 21.7 Å². The summed E-state index contributed by atoms with van der Waals surface area (Å²) in [7, 11) is 0. The number of pyridine rings is 1. The van der Waals surface area contributed by atoms with Crippen molar-refractivity contribution < 1.29 is 14.4 Å². The van der Waals surface area contributed by atoms with Gasteiger partial charge in [0.1, 0.15) is 12.4 Å². The Hall–Kier alpha value is -4.08. The molecule has 1 aliphatic carbocycles. The first-order chi connectivity index (χ1) is 19.8. The number of nitrogens with zero attached hydrogens (tertiary/aromatic N) is 2. The molecule has 6 rings (SSSR count). The van der Waals surface area contributed by atoms with E-state index in [1.54, 1.807) is 11.1 Å². The van der Waals surface area contributed by atoms with E-state index in [2.05, 4.69) is 20.9 Å². The van der Waals surface area contributed by atoms with Crippen molar-refractivity contribution >= 4 is 29.2 Å². The van der Waals surface area contributed by atoms with E-state index in [0.717, 1.165) is 53.7 Å². The minimum absolute atomic E-state index is 0.0172. The molecule has 3 aromatic rings. The summed E-state index contributed by atoms with van der Waals surface area (Å²) in [5, 5.41) is 9.27. The van der Waals surface area contributed by atoms with E-state index < -0.39 is 10.8 Å². The number of aromatic nitrogens is 1. The van der Waals surface area contributed by atoms with Gasteiger partial charge in [-0.1, -0.05) is 43.3 Å². The number of rotatable bonds is 7. The molecule has 1 atom stereocenters. The molecular formula is C32H36N6O3. The number of carbonyl (C=O) groups is 3. The highest BCUT2D eigenvalue weighted by Crippen LogP contribution is 2.47. The Morgan fingerprint density at radius 1 is 1.02 bits per heavy atom. The van der Waals surface area contributed by atoms with Crippen LogP contribution in [0.4, 0.5) is 11.5 Å². The topological polar surface area (TPSA) is 129 Å². The number of nitrogens with two attached hydrogens (primary N) is 1. The molecule has 0 bridgehead atoms. The van der Waals surface area contributed by atoms with Gasteiger partial charge in [0.15, 0.2) is 0 Å². The lowest BCUT2D eigenvalue weighted by atomic mass is 9.79. The van der Waals surface area contributed by atoms with Crippen molar-refractivity contribution in [1.29, 1.82) is 0 Å². The van der Waals surface area contributed by atoms with Crippen LogP contribution in [0.1, 0.15) is 47.6 Å². The van der Waals surface area contributed by atoms with Gasteiger partial charge >= 0.3 is 0 Å². The number of amides is 3. The van der Waals surface area contributed by atoms with Gasteiger partial charge < -0.3 is 26.6 Å². The molecule has 2 aliphatic heterocycles. The van der Waals surface area contributed by atoms with E-state index in [1.807, 2.05) is 61.5 Å². The number of anilines is 2. The van der Waals surface area contributed by atoms with Gasteiger partial charge in [0.05, 0.1) is 5.41 Å². The number of hydrogen-bond acceptors (Lipinski definition) is 6. The van der Waals surface area contributed by atoms with Crippen LogP contribution in [0, 0.1) is 5.41 Å². The van der Waals surface area contributed by atoms with E-state index in [9.17, 15) is 14.4 Å². The summed E-state index contributed by atoms with van der Waals surface area (Å²) in [6.07, 6.45) is 4.27. The van der Waals surface area contributed by atoms with E-state index in [1.165, 1.54) is 0 Å². The molecule has 0 radical (unpaired) electrons. The van der Waals surface area contributed by atoms with E-state index in [-0.39, 0.29) is 24.3 Å². The van der Waals surface area contributed by atoms with E-state index in [0.29, 0.717) is 37.4 Å². The molecule has 1 spiro atoms. The predicted octanol–water partition coefficient (Wildman–Crippen LogP) is 2.89. The summed E-state index contributed by atoms with van der Waals surface area (Å²) < 4.78 is 0. The van der Waals surface area contributed by atoms with Crippen molar-refractivity contribution in [2.75, 3.05) is 30.3 Å². The Kier molecular flexibility index (Phi) is 7.09. The maximum Gasteiger partial charge on any atom is 0.244 e. The monoisotopic (exact) mass is 552 g/mol. The third kappa shape index (κ3) is 5.00. The number of fused-ring (bicyclic) bond motifs is 3. The van der Waals surface area contributed by atoms with Crippen molar-refractivity contribution in [3.8, 4) is 0 Å². The van der Waals surface area contributed by atoms with Crippen LogP contribution in [-0.2, 0) is 45.7 Å². The predicted molar refractivity (Wildman–Crippen MR) is 157 cm³/mol. The normalized spacial score (nSPS) is 20.3. The maximum absolute atomic E-state index is 13.9. The molecule has 2 aromatic carbocycles. The standard InChI is InChI=1S/C32H36N6O3/c1-31(10-13-34-14-11-31)30(41)38(19-23-6-3-2-5-22(23)18-33)20-27(39)36-25-9-8-21-16-32(17-24(21)15-25)26-7-4-12-35-28(26)37-29(32)40/h2-9,12,15,34H,10-11,13-14,16-20,33H2,1H3,(H,36,39)(H,35,37,40)/t32-/m1/s1. The van der Waals surface area contributed by atoms with Crippen molar-refractivity contribution in [3.63, 3.8) is 0 Å². The van der Waals surface area contributed by atoms with Gasteiger partial charge in [-0.25, -0.2) is 4.98 Å². The van der Waals surface area contributed by atoms with Gasteiger partial charge in [0, 0.05) is 36.0 Å². The second kappa shape index (κ2) is 10.7. The van der Waals surface area contributed by atoms with Gasteiger partial charge in [-0.2, -0.15) is 0 Å². The highest BCUT2D eigenvalue weighted by Gasteiger charge is 2.51. The highest BCUT2D eigenvalue weighted by molar-refractivity contribution is 6.06. The molecule has 0 saturated carbocycles. The zero-order chi connectivity index (χ0) is 28.6. The first-order valence-corrected chi connectivity index (χ1v) is 14.3. The average molecular weight is 553 g/mol. The number of carbonyl (C=O) groups excluding carboxylic acids is 3. The van der Waals surface area contributed by atoms with Gasteiger partial charge in [-0.05, 0) is 79.2 Å². The lowest BCUT2D eigenvalue weighted by molar-refractivity contribution is -0.145. The fraction of sp³-hybridized carbons (Fsp3) is 0.375. The molecule has 3 heterocycles. The van der Waals surface area contributed by atoms with Crippen LogP contribution in [0.25, 0.3) is 0 Å². The van der Waals surface area contributed by atoms with Crippen LogP contribution in [0.2, 0.25) is 0 Å². The summed E-state index contributed by atoms with van der Waals surface area (Å²) >= 11 is 0. The Morgan fingerprint density at radius 3 is 2.56 bits per heavy atom. The van der Waals surface area contributed by atoms with Gasteiger partial charge in [-0.3, -0.25) is 14.4 Å². The zero-order valence-electron chi connectivity index (χ0n) is 23.3. The first kappa shape index (κ1) is 27.1. The Bertz CT molecular complexity index is 1510. The van der Waals surface area contributed by atoms with Gasteiger partial charge in [0.2, 0.25) is 17.7 Å². The van der Waals surface area contributed by atoms with E-state index >= 15 is 0 Å². The third-order valence-corrected chi connectivity index (χ3v) is 9.01. The molecule has 9 nitrogen and oxygen atoms in total. The molecule has 212 valence electrons. The summed E-state index contributed by atoms with van der Waals surface area (Å²) in [5.74, 6) is 0.312. The molecule has 1 fully saturated rings. The van der Waals surface area contributed by atoms with Crippen molar-refractivity contribution in [2.24, 2.45) is 11.1 Å². The Balaban J connectivity index is 1.20. The molecular weight excluding hydrogens is 516 g/mol. The lowest BCUT2D eigenvalue weighted by Crippen LogP contribution is -2.49. The van der Waals surface area contributed by atoms with Crippen LogP contribution >= 0.6 is 0 Å². The minimum Gasteiger partial charge on any atom is -0.329 e. The molecule has 41 heavy (non-hydrogen) atoms. The van der Waals surface area contributed by atoms with Gasteiger partial charge in [-0.15, -0.1) is 0 Å². The largest absolute Gasteiger partial charge is 0.329 e. The SMILES string of the molecule is CC1(C(=O)N(CC(=O)Nc2ccc3c(c2)C[C@@]2(C3)C(=O)Nc3ncccc32)Cc2ccccc2CN)CCNCC1. The number of nitrogens with one attached hydrogen (secondary N) is 3. The minimum atomic E-state index is -0.668. The van der Waals surface area contributed by atoms with Crippen molar-refractivity contribution in [1.82, 2.24) is 15.2 Å². The smallest absolute Gasteiger partial charge is 0.244 e. The summed E-state index contributed by atoms with van der Waals surface area (Å²) in [5.41, 5.74) is 10.4. The lowest BCUT2D eigenvalue weighted by Gasteiger charge is -2.37. The average Bonchev–Trinajstić information content (AvgIpc) is 3.49. The molecule has 1 aromatic heterocycles. The Morgan fingerprint density at radius 2 is 1.78 bits per heavy atom. The molecule has 3 amide bonds. The van der Waals surface area contributed by atoms with Gasteiger partial charge in [0.25, 0.3) is 0 Å². The zero-order valence-corrected chi connectivity index (χ0v) is 23.3. The maximum atomic E-state index is 13.9. The summed E-state index contributed by atoms with van der Waals surface area (Å²) in [6, 6.07) is 17.4. The molecule has 3 aliphatic rings. The molecule has 9 heteroatoms. The van der Waals surface area contributed by atoms with Crippen LogP contribution in [0.15, 0.2) is 60.8 Å². The number of benzene rings is 2. The molecule has 0 unspecified atom stereocenters. The fourth-order valence-electron chi connectivity index (χ4n) is 6.61. The van der Waals surface area contributed by atoms with Crippen molar-refractivity contribution in [2.45, 2.75) is 51.1 Å². The number of hydrogen-bond donors (Lipinski definition) is 4. The van der Waals surface area contributed by atoms with Crippen LogP contribution in [0.3, 0.4) is 0 Å². The third-order valence-electron chi connectivity index (χ3n) is 9.01. The van der Waals surface area contributed by atoms with Crippen LogP contribution in [-0.4, -0.2) is 47.2 Å². The summed E-state index contributed by atoms with van der Waals surface area (Å²) in [6.45, 7) is 4.16.